The molecule has 0 saturated heterocycles. The van der Waals surface area contributed by atoms with Crippen molar-refractivity contribution in [3.05, 3.63) is 76.3 Å². The second-order valence-electron chi connectivity index (χ2n) is 7.28. The van der Waals surface area contributed by atoms with E-state index >= 15 is 0 Å². The van der Waals surface area contributed by atoms with E-state index in [1.807, 2.05) is 30.5 Å². The minimum Gasteiger partial charge on any atom is -0.423 e. The number of amides is 1. The van der Waals surface area contributed by atoms with Crippen molar-refractivity contribution in [2.45, 2.75) is 18.6 Å². The van der Waals surface area contributed by atoms with Gasteiger partial charge in [0, 0.05) is 40.3 Å². The summed E-state index contributed by atoms with van der Waals surface area (Å²) in [5, 5.41) is 4.07. The molecule has 0 fully saturated rings. The number of carbonyl (C=O) groups excluding carboxylic acids is 1. The van der Waals surface area contributed by atoms with Crippen molar-refractivity contribution in [3.8, 4) is 0 Å². The number of hydrogen-bond donors (Lipinski definition) is 5. The molecule has 1 atom stereocenters. The lowest BCUT2D eigenvalue weighted by molar-refractivity contribution is -0.117. The normalized spacial score (nSPS) is 12.9. The Morgan fingerprint density at radius 3 is 2.68 bits per heavy atom. The summed E-state index contributed by atoms with van der Waals surface area (Å²) in [5.74, 6) is -0.418. The lowest BCUT2D eigenvalue weighted by atomic mass is 10.0. The second-order valence-corrected chi connectivity index (χ2v) is 8.93. The zero-order valence-corrected chi connectivity index (χ0v) is 17.1. The van der Waals surface area contributed by atoms with Crippen LogP contribution in [0.2, 0.25) is 0 Å². The fourth-order valence-electron chi connectivity index (χ4n) is 3.53. The summed E-state index contributed by atoms with van der Waals surface area (Å²) in [4.78, 5) is 46.0. The summed E-state index contributed by atoms with van der Waals surface area (Å²) in [6, 6.07) is 12.5. The van der Waals surface area contributed by atoms with Crippen molar-refractivity contribution < 1.29 is 23.6 Å². The Balaban J connectivity index is 1.54. The number of hydrogen-bond acceptors (Lipinski definition) is 5. The van der Waals surface area contributed by atoms with Gasteiger partial charge in [-0.25, -0.2) is 4.79 Å². The molecular weight excluding hydrogens is 421 g/mol. The van der Waals surface area contributed by atoms with E-state index in [0.29, 0.717) is 17.5 Å². The van der Waals surface area contributed by atoms with Crippen LogP contribution in [0, 0.1) is 0 Å². The number of para-hydroxylation sites is 1. The van der Waals surface area contributed by atoms with Crippen LogP contribution in [0.1, 0.15) is 11.1 Å². The van der Waals surface area contributed by atoms with E-state index in [1.54, 1.807) is 6.07 Å². The third-order valence-electron chi connectivity index (χ3n) is 4.93. The lowest BCUT2D eigenvalue weighted by Crippen LogP contribution is -2.37. The molecular formula is C21H20N3O6P. The van der Waals surface area contributed by atoms with Crippen molar-refractivity contribution in [2.24, 2.45) is 5.73 Å². The Bertz CT molecular complexity index is 1390. The number of aromatic amines is 1. The monoisotopic (exact) mass is 441 g/mol. The highest BCUT2D eigenvalue weighted by Gasteiger charge is 2.19. The molecule has 160 valence electrons. The van der Waals surface area contributed by atoms with E-state index in [4.69, 9.17) is 10.2 Å². The number of carbonyl (C=O) groups is 1. The quantitative estimate of drug-likeness (QED) is 0.227. The molecule has 0 aliphatic carbocycles. The van der Waals surface area contributed by atoms with Crippen molar-refractivity contribution in [3.63, 3.8) is 0 Å². The van der Waals surface area contributed by atoms with Crippen LogP contribution in [0.5, 0.6) is 0 Å². The SMILES string of the molecule is N[C@@H](Cc1c[nH]c2ccccc12)C(=O)Nc1ccc2c(CP(=O)(O)O)cc(=O)oc2c1. The molecule has 0 spiro atoms. The van der Waals surface area contributed by atoms with E-state index in [0.717, 1.165) is 22.5 Å². The van der Waals surface area contributed by atoms with Crippen molar-refractivity contribution in [2.75, 3.05) is 5.32 Å². The van der Waals surface area contributed by atoms with Gasteiger partial charge in [-0.05, 0) is 35.7 Å². The number of anilines is 1. The van der Waals surface area contributed by atoms with Gasteiger partial charge in [0.1, 0.15) is 5.58 Å². The highest BCUT2D eigenvalue weighted by Crippen LogP contribution is 2.40. The predicted octanol–water partition coefficient (Wildman–Crippen LogP) is 2.46. The Morgan fingerprint density at radius 2 is 1.90 bits per heavy atom. The van der Waals surface area contributed by atoms with Gasteiger partial charge in [0.05, 0.1) is 12.2 Å². The largest absolute Gasteiger partial charge is 0.423 e. The van der Waals surface area contributed by atoms with Gasteiger partial charge in [0.15, 0.2) is 0 Å². The Hall–Kier alpha value is -3.23. The zero-order chi connectivity index (χ0) is 22.2. The molecule has 9 nitrogen and oxygen atoms in total. The molecule has 6 N–H and O–H groups in total. The maximum absolute atomic E-state index is 12.6. The third kappa shape index (κ3) is 4.76. The van der Waals surface area contributed by atoms with Crippen LogP contribution in [-0.2, 0) is 21.9 Å². The highest BCUT2D eigenvalue weighted by molar-refractivity contribution is 7.50. The van der Waals surface area contributed by atoms with Gasteiger partial charge in [-0.2, -0.15) is 0 Å². The first-order valence-corrected chi connectivity index (χ1v) is 11.2. The first-order chi connectivity index (χ1) is 14.7. The number of fused-ring (bicyclic) bond motifs is 2. The summed E-state index contributed by atoms with van der Waals surface area (Å²) in [6.45, 7) is 0. The molecule has 0 bridgehead atoms. The van der Waals surface area contributed by atoms with E-state index in [2.05, 4.69) is 10.3 Å². The molecule has 0 aliphatic rings. The standard InChI is InChI=1S/C21H20N3O6P/c22-17(7-12-10-23-18-4-2-1-3-15(12)18)21(26)24-14-5-6-16-13(11-31(27,28)29)8-20(25)30-19(16)9-14/h1-6,8-10,17,23H,7,11,22H2,(H,24,26)(H2,27,28,29)/t17-/m0/s1. The van der Waals surface area contributed by atoms with Crippen LogP contribution in [0.3, 0.4) is 0 Å². The zero-order valence-electron chi connectivity index (χ0n) is 16.2. The average Bonchev–Trinajstić information content (AvgIpc) is 3.09. The topological polar surface area (TPSA) is 159 Å². The molecule has 4 rings (SSSR count). The molecule has 10 heteroatoms. The summed E-state index contributed by atoms with van der Waals surface area (Å²) >= 11 is 0. The van der Waals surface area contributed by atoms with E-state index in [-0.39, 0.29) is 11.1 Å². The number of benzene rings is 2. The van der Waals surface area contributed by atoms with Gasteiger partial charge in [-0.1, -0.05) is 18.2 Å². The molecule has 2 heterocycles. The Labute approximate surface area is 176 Å². The van der Waals surface area contributed by atoms with E-state index in [9.17, 15) is 23.9 Å². The smallest absolute Gasteiger partial charge is 0.336 e. The maximum atomic E-state index is 12.6. The van der Waals surface area contributed by atoms with E-state index in [1.165, 1.54) is 12.1 Å². The summed E-state index contributed by atoms with van der Waals surface area (Å²) in [6.07, 6.45) is 1.56. The fourth-order valence-corrected chi connectivity index (χ4v) is 4.23. The van der Waals surface area contributed by atoms with Crippen LogP contribution in [-0.4, -0.2) is 26.7 Å². The van der Waals surface area contributed by atoms with Crippen LogP contribution in [0.15, 0.2) is 63.9 Å². The first-order valence-electron chi connectivity index (χ1n) is 9.42. The summed E-state index contributed by atoms with van der Waals surface area (Å²) in [7, 11) is -4.37. The van der Waals surface area contributed by atoms with Crippen LogP contribution in [0.4, 0.5) is 5.69 Å². The van der Waals surface area contributed by atoms with Crippen LogP contribution in [0.25, 0.3) is 21.9 Å². The van der Waals surface area contributed by atoms with Gasteiger partial charge in [-0.3, -0.25) is 9.36 Å². The number of nitrogens with two attached hydrogens (primary N) is 1. The average molecular weight is 441 g/mol. The summed E-state index contributed by atoms with van der Waals surface area (Å²) in [5.41, 5.74) is 7.87. The first kappa shape index (κ1) is 21.0. The van der Waals surface area contributed by atoms with Crippen LogP contribution >= 0.6 is 7.60 Å². The molecule has 0 aliphatic heterocycles. The van der Waals surface area contributed by atoms with Crippen LogP contribution < -0.4 is 16.7 Å². The lowest BCUT2D eigenvalue weighted by Gasteiger charge is -2.13. The second kappa shape index (κ2) is 8.13. The minimum absolute atomic E-state index is 0.110. The minimum atomic E-state index is -4.37. The number of aromatic nitrogens is 1. The molecule has 1 amide bonds. The maximum Gasteiger partial charge on any atom is 0.336 e. The predicted molar refractivity (Wildman–Crippen MR) is 117 cm³/mol. The van der Waals surface area contributed by atoms with Crippen molar-refractivity contribution >= 4 is 41.1 Å². The number of H-pyrrole nitrogens is 1. The highest BCUT2D eigenvalue weighted by atomic mass is 31.2. The van der Waals surface area contributed by atoms with Gasteiger partial charge >= 0.3 is 13.2 Å². The van der Waals surface area contributed by atoms with Gasteiger partial charge in [0.2, 0.25) is 5.91 Å². The molecule has 4 aromatic rings. The number of nitrogens with one attached hydrogen (secondary N) is 2. The molecule has 0 unspecified atom stereocenters. The van der Waals surface area contributed by atoms with E-state index < -0.39 is 31.3 Å². The molecule has 31 heavy (non-hydrogen) atoms. The molecule has 2 aromatic carbocycles. The fraction of sp³-hybridized carbons (Fsp3) is 0.143. The summed E-state index contributed by atoms with van der Waals surface area (Å²) < 4.78 is 16.5. The van der Waals surface area contributed by atoms with Gasteiger partial charge < -0.3 is 30.2 Å². The molecule has 2 aromatic heterocycles. The molecule has 0 radical (unpaired) electrons. The molecule has 0 saturated carbocycles. The Morgan fingerprint density at radius 1 is 1.13 bits per heavy atom. The van der Waals surface area contributed by atoms with Crippen molar-refractivity contribution in [1.82, 2.24) is 4.98 Å². The van der Waals surface area contributed by atoms with Crippen molar-refractivity contribution in [1.29, 1.82) is 0 Å². The number of rotatable bonds is 6. The Kier molecular flexibility index (Phi) is 5.51. The van der Waals surface area contributed by atoms with Gasteiger partial charge in [0.25, 0.3) is 0 Å². The third-order valence-corrected chi connectivity index (χ3v) is 5.68. The van der Waals surface area contributed by atoms with Gasteiger partial charge in [-0.15, -0.1) is 0 Å².